The number of benzene rings is 3. The maximum Gasteiger partial charge on any atom is 0.147 e. The molecular formula is C24H22N2O. The van der Waals surface area contributed by atoms with Gasteiger partial charge in [0.2, 0.25) is 0 Å². The van der Waals surface area contributed by atoms with Gasteiger partial charge in [-0.05, 0) is 48.7 Å². The van der Waals surface area contributed by atoms with Gasteiger partial charge in [0.15, 0.2) is 0 Å². The number of pyridine rings is 1. The van der Waals surface area contributed by atoms with Gasteiger partial charge < -0.3 is 10.4 Å². The first-order chi connectivity index (χ1) is 13.1. The molecule has 0 bridgehead atoms. The lowest BCUT2D eigenvalue weighted by Crippen LogP contribution is -2.13. The van der Waals surface area contributed by atoms with E-state index in [4.69, 9.17) is 0 Å². The van der Waals surface area contributed by atoms with Crippen LogP contribution in [0.2, 0.25) is 0 Å². The Kier molecular flexibility index (Phi) is 4.51. The molecule has 0 fully saturated rings. The number of rotatable bonds is 4. The van der Waals surface area contributed by atoms with Crippen molar-refractivity contribution in [1.82, 2.24) is 4.98 Å². The van der Waals surface area contributed by atoms with Crippen molar-refractivity contribution in [1.29, 1.82) is 0 Å². The number of hydrogen-bond acceptors (Lipinski definition) is 3. The van der Waals surface area contributed by atoms with Crippen molar-refractivity contribution >= 4 is 16.6 Å². The van der Waals surface area contributed by atoms with Gasteiger partial charge in [-0.1, -0.05) is 54.6 Å². The number of hydrogen-bond donors (Lipinski definition) is 2. The van der Waals surface area contributed by atoms with Crippen LogP contribution in [-0.4, -0.2) is 10.1 Å². The summed E-state index contributed by atoms with van der Waals surface area (Å²) in [5.74, 6) is 0.221. The van der Waals surface area contributed by atoms with Crippen LogP contribution >= 0.6 is 0 Å². The Morgan fingerprint density at radius 3 is 2.44 bits per heavy atom. The van der Waals surface area contributed by atoms with Gasteiger partial charge >= 0.3 is 0 Å². The Bertz CT molecular complexity index is 1090. The molecule has 0 aliphatic rings. The third kappa shape index (κ3) is 3.36. The molecule has 0 spiro atoms. The van der Waals surface area contributed by atoms with E-state index in [1.165, 1.54) is 11.1 Å². The van der Waals surface area contributed by atoms with Crippen molar-refractivity contribution in [3.05, 3.63) is 101 Å². The van der Waals surface area contributed by atoms with Crippen LogP contribution in [0.15, 0.2) is 79.0 Å². The van der Waals surface area contributed by atoms with Gasteiger partial charge in [-0.2, -0.15) is 0 Å². The largest absolute Gasteiger partial charge is 0.505 e. The molecule has 3 nitrogen and oxygen atoms in total. The second-order valence-corrected chi connectivity index (χ2v) is 6.87. The Morgan fingerprint density at radius 1 is 0.852 bits per heavy atom. The molecule has 0 aliphatic heterocycles. The third-order valence-corrected chi connectivity index (χ3v) is 5.04. The lowest BCUT2D eigenvalue weighted by atomic mass is 9.95. The van der Waals surface area contributed by atoms with Gasteiger partial charge in [-0.15, -0.1) is 0 Å². The second-order valence-electron chi connectivity index (χ2n) is 6.87. The Labute approximate surface area is 159 Å². The fourth-order valence-corrected chi connectivity index (χ4v) is 3.36. The molecule has 4 aromatic rings. The third-order valence-electron chi connectivity index (χ3n) is 5.04. The first-order valence-electron chi connectivity index (χ1n) is 9.09. The molecule has 4 rings (SSSR count). The number of anilines is 1. The zero-order valence-electron chi connectivity index (χ0n) is 15.5. The van der Waals surface area contributed by atoms with Crippen LogP contribution in [0.5, 0.6) is 5.75 Å². The van der Waals surface area contributed by atoms with Crippen molar-refractivity contribution in [3.63, 3.8) is 0 Å². The molecule has 3 heteroatoms. The topological polar surface area (TPSA) is 45.2 Å². The zero-order chi connectivity index (χ0) is 18.8. The lowest BCUT2D eigenvalue weighted by Gasteiger charge is -2.23. The molecule has 0 saturated carbocycles. The summed E-state index contributed by atoms with van der Waals surface area (Å²) in [5.41, 5.74) is 6.03. The minimum atomic E-state index is -0.181. The first-order valence-corrected chi connectivity index (χ1v) is 9.09. The highest BCUT2D eigenvalue weighted by Crippen LogP contribution is 2.36. The smallest absolute Gasteiger partial charge is 0.147 e. The molecule has 0 radical (unpaired) electrons. The van der Waals surface area contributed by atoms with Gasteiger partial charge in [0.1, 0.15) is 11.3 Å². The van der Waals surface area contributed by atoms with E-state index < -0.39 is 0 Å². The summed E-state index contributed by atoms with van der Waals surface area (Å²) in [6, 6.07) is 24.1. The number of aromatic nitrogens is 1. The van der Waals surface area contributed by atoms with Crippen LogP contribution in [0.25, 0.3) is 10.9 Å². The van der Waals surface area contributed by atoms with E-state index in [2.05, 4.69) is 54.5 Å². The van der Waals surface area contributed by atoms with Crippen LogP contribution in [-0.2, 0) is 0 Å². The SMILES string of the molecule is Cc1ccc(NC(c2ccccc2)c2ccc3cccnc3c2O)cc1C. The van der Waals surface area contributed by atoms with Crippen molar-refractivity contribution in [2.75, 3.05) is 5.32 Å². The molecule has 3 aromatic carbocycles. The van der Waals surface area contributed by atoms with Crippen LogP contribution in [0.1, 0.15) is 28.3 Å². The van der Waals surface area contributed by atoms with Gasteiger partial charge in [0.05, 0.1) is 6.04 Å². The summed E-state index contributed by atoms with van der Waals surface area (Å²) in [6.45, 7) is 4.21. The van der Waals surface area contributed by atoms with Crippen LogP contribution in [0, 0.1) is 13.8 Å². The predicted octanol–water partition coefficient (Wildman–Crippen LogP) is 5.76. The van der Waals surface area contributed by atoms with E-state index in [0.717, 1.165) is 22.2 Å². The molecule has 1 heterocycles. The summed E-state index contributed by atoms with van der Waals surface area (Å²) >= 11 is 0. The zero-order valence-corrected chi connectivity index (χ0v) is 15.5. The van der Waals surface area contributed by atoms with E-state index in [9.17, 15) is 5.11 Å². The minimum absolute atomic E-state index is 0.181. The van der Waals surface area contributed by atoms with Crippen molar-refractivity contribution in [3.8, 4) is 5.75 Å². The molecular weight excluding hydrogens is 332 g/mol. The van der Waals surface area contributed by atoms with Crippen LogP contribution in [0.3, 0.4) is 0 Å². The van der Waals surface area contributed by atoms with Gasteiger partial charge in [0.25, 0.3) is 0 Å². The normalized spacial score (nSPS) is 12.1. The highest BCUT2D eigenvalue weighted by molar-refractivity contribution is 5.86. The second kappa shape index (κ2) is 7.12. The number of nitrogens with one attached hydrogen (secondary N) is 1. The monoisotopic (exact) mass is 354 g/mol. The highest BCUT2D eigenvalue weighted by Gasteiger charge is 2.20. The first kappa shape index (κ1) is 17.1. The van der Waals surface area contributed by atoms with E-state index >= 15 is 0 Å². The standard InChI is InChI=1S/C24H22N2O/c1-16-10-12-20(15-17(16)2)26-22(18-7-4-3-5-8-18)21-13-11-19-9-6-14-25-23(19)24(21)27/h3-15,22,26-27H,1-2H3. The van der Waals surface area contributed by atoms with Crippen molar-refractivity contribution in [2.45, 2.75) is 19.9 Å². The molecule has 0 saturated heterocycles. The summed E-state index contributed by atoms with van der Waals surface area (Å²) in [6.07, 6.45) is 1.71. The number of nitrogens with zero attached hydrogens (tertiary/aromatic N) is 1. The fourth-order valence-electron chi connectivity index (χ4n) is 3.36. The van der Waals surface area contributed by atoms with E-state index in [-0.39, 0.29) is 11.8 Å². The average molecular weight is 354 g/mol. The number of phenolic OH excluding ortho intramolecular Hbond substituents is 1. The number of aromatic hydroxyl groups is 1. The fraction of sp³-hybridized carbons (Fsp3) is 0.125. The van der Waals surface area contributed by atoms with Crippen LogP contribution in [0.4, 0.5) is 5.69 Å². The van der Waals surface area contributed by atoms with E-state index in [0.29, 0.717) is 5.52 Å². The van der Waals surface area contributed by atoms with E-state index in [1.807, 2.05) is 42.5 Å². The highest BCUT2D eigenvalue weighted by atomic mass is 16.3. The van der Waals surface area contributed by atoms with Crippen molar-refractivity contribution in [2.24, 2.45) is 0 Å². The maximum atomic E-state index is 11.0. The van der Waals surface area contributed by atoms with Crippen LogP contribution < -0.4 is 5.32 Å². The summed E-state index contributed by atoms with van der Waals surface area (Å²) in [7, 11) is 0. The summed E-state index contributed by atoms with van der Waals surface area (Å²) < 4.78 is 0. The molecule has 27 heavy (non-hydrogen) atoms. The summed E-state index contributed by atoms with van der Waals surface area (Å²) in [4.78, 5) is 4.37. The van der Waals surface area contributed by atoms with Gasteiger partial charge in [0, 0.05) is 22.8 Å². The molecule has 1 aromatic heterocycles. The van der Waals surface area contributed by atoms with Gasteiger partial charge in [-0.25, -0.2) is 0 Å². The minimum Gasteiger partial charge on any atom is -0.505 e. The number of fused-ring (bicyclic) bond motifs is 1. The quantitative estimate of drug-likeness (QED) is 0.490. The average Bonchev–Trinajstić information content (AvgIpc) is 2.70. The number of phenols is 1. The Morgan fingerprint density at radius 2 is 1.67 bits per heavy atom. The number of aryl methyl sites for hydroxylation is 2. The molecule has 1 unspecified atom stereocenters. The van der Waals surface area contributed by atoms with Gasteiger partial charge in [-0.3, -0.25) is 4.98 Å². The Hall–Kier alpha value is -3.33. The van der Waals surface area contributed by atoms with E-state index in [1.54, 1.807) is 6.20 Å². The Balaban J connectivity index is 1.83. The maximum absolute atomic E-state index is 11.0. The van der Waals surface area contributed by atoms with Crippen molar-refractivity contribution < 1.29 is 5.11 Å². The molecule has 134 valence electrons. The lowest BCUT2D eigenvalue weighted by molar-refractivity contribution is 0.472. The molecule has 1 atom stereocenters. The molecule has 0 amide bonds. The molecule has 0 aliphatic carbocycles. The summed E-state index contributed by atoms with van der Waals surface area (Å²) in [5, 5.41) is 15.5. The predicted molar refractivity (Wildman–Crippen MR) is 111 cm³/mol. The molecule has 2 N–H and O–H groups in total.